The lowest BCUT2D eigenvalue weighted by molar-refractivity contribution is 0.0921. The second-order valence-electron chi connectivity index (χ2n) is 5.69. The molecule has 4 N–H and O–H groups in total. The Balaban J connectivity index is 1.88. The Kier molecular flexibility index (Phi) is 3.62. The molecule has 1 saturated carbocycles. The Morgan fingerprint density at radius 2 is 2.33 bits per heavy atom. The number of aliphatic hydroxyl groups excluding tert-OH is 1. The van der Waals surface area contributed by atoms with Crippen LogP contribution in [0.1, 0.15) is 34.6 Å². The average molecular weight is 308 g/mol. The minimum absolute atomic E-state index is 0.0475. The van der Waals surface area contributed by atoms with E-state index in [0.717, 1.165) is 35.2 Å². The van der Waals surface area contributed by atoms with Crippen molar-refractivity contribution in [3.8, 4) is 0 Å². The predicted octanol–water partition coefficient (Wildman–Crippen LogP) is 1.42. The van der Waals surface area contributed by atoms with Gasteiger partial charge in [0, 0.05) is 25.6 Å². The summed E-state index contributed by atoms with van der Waals surface area (Å²) in [4.78, 5) is 13.9. The minimum atomic E-state index is -0.140. The number of aryl methyl sites for hydroxylation is 2. The van der Waals surface area contributed by atoms with Gasteiger partial charge in [0.25, 0.3) is 5.91 Å². The van der Waals surface area contributed by atoms with Gasteiger partial charge in [-0.05, 0) is 19.8 Å². The summed E-state index contributed by atoms with van der Waals surface area (Å²) >= 11 is 1.37. The Labute approximate surface area is 126 Å². The van der Waals surface area contributed by atoms with Crippen molar-refractivity contribution in [1.29, 1.82) is 0 Å². The maximum absolute atomic E-state index is 12.5. The molecule has 1 fully saturated rings. The standard InChI is InChI=1S/C14H20N4O2S/c1-7-10-11(15)12(21-14(10)18(2)17-7)13(20)16-9-5-3-4-8(9)6-19/h8-9,19H,3-6,15H2,1-2H3,(H,16,20). The van der Waals surface area contributed by atoms with Gasteiger partial charge in [-0.1, -0.05) is 6.42 Å². The maximum atomic E-state index is 12.5. The van der Waals surface area contributed by atoms with E-state index in [1.165, 1.54) is 11.3 Å². The van der Waals surface area contributed by atoms with E-state index in [1.54, 1.807) is 4.68 Å². The van der Waals surface area contributed by atoms with Crippen molar-refractivity contribution in [2.45, 2.75) is 32.2 Å². The van der Waals surface area contributed by atoms with Gasteiger partial charge < -0.3 is 16.2 Å². The Morgan fingerprint density at radius 1 is 1.57 bits per heavy atom. The molecule has 2 aromatic rings. The van der Waals surface area contributed by atoms with E-state index in [2.05, 4.69) is 10.4 Å². The van der Waals surface area contributed by atoms with Gasteiger partial charge in [-0.3, -0.25) is 9.48 Å². The first-order chi connectivity index (χ1) is 10.0. The van der Waals surface area contributed by atoms with Crippen molar-refractivity contribution in [2.75, 3.05) is 12.3 Å². The highest BCUT2D eigenvalue weighted by atomic mass is 32.1. The molecule has 6 nitrogen and oxygen atoms in total. The molecule has 2 atom stereocenters. The molecular formula is C14H20N4O2S. The third-order valence-corrected chi connectivity index (χ3v) is 5.57. The summed E-state index contributed by atoms with van der Waals surface area (Å²) < 4.78 is 1.76. The van der Waals surface area contributed by atoms with Crippen LogP contribution in [0.25, 0.3) is 10.2 Å². The number of nitrogens with zero attached hydrogens (tertiary/aromatic N) is 2. The number of anilines is 1. The molecule has 1 aliphatic carbocycles. The number of carbonyl (C=O) groups is 1. The lowest BCUT2D eigenvalue weighted by atomic mass is 10.1. The summed E-state index contributed by atoms with van der Waals surface area (Å²) in [6.07, 6.45) is 2.93. The topological polar surface area (TPSA) is 93.2 Å². The molecule has 0 spiro atoms. The van der Waals surface area contributed by atoms with E-state index in [0.29, 0.717) is 10.6 Å². The van der Waals surface area contributed by atoms with Crippen LogP contribution in [-0.2, 0) is 7.05 Å². The van der Waals surface area contributed by atoms with E-state index in [1.807, 2.05) is 14.0 Å². The molecule has 114 valence electrons. The molecule has 0 radical (unpaired) electrons. The van der Waals surface area contributed by atoms with Gasteiger partial charge in [0.05, 0.1) is 16.8 Å². The van der Waals surface area contributed by atoms with Crippen LogP contribution in [0, 0.1) is 12.8 Å². The van der Waals surface area contributed by atoms with Crippen molar-refractivity contribution >= 4 is 33.1 Å². The van der Waals surface area contributed by atoms with E-state index in [4.69, 9.17) is 5.73 Å². The quantitative estimate of drug-likeness (QED) is 0.799. The second-order valence-corrected chi connectivity index (χ2v) is 6.69. The van der Waals surface area contributed by atoms with Gasteiger partial charge in [-0.15, -0.1) is 11.3 Å². The highest BCUT2D eigenvalue weighted by molar-refractivity contribution is 7.21. The molecule has 3 rings (SSSR count). The van der Waals surface area contributed by atoms with Crippen LogP contribution in [0.15, 0.2) is 0 Å². The van der Waals surface area contributed by atoms with E-state index < -0.39 is 0 Å². The third kappa shape index (κ3) is 2.30. The fraction of sp³-hybridized carbons (Fsp3) is 0.571. The first-order valence-electron chi connectivity index (χ1n) is 7.16. The highest BCUT2D eigenvalue weighted by Crippen LogP contribution is 2.36. The Hall–Kier alpha value is -1.60. The van der Waals surface area contributed by atoms with Crippen LogP contribution in [0.3, 0.4) is 0 Å². The SMILES string of the molecule is Cc1nn(C)c2sc(C(=O)NC3CCCC3CO)c(N)c12. The molecule has 2 unspecified atom stereocenters. The van der Waals surface area contributed by atoms with E-state index in [9.17, 15) is 9.90 Å². The second kappa shape index (κ2) is 5.31. The molecule has 1 amide bonds. The van der Waals surface area contributed by atoms with Gasteiger partial charge in [0.1, 0.15) is 9.71 Å². The zero-order valence-corrected chi connectivity index (χ0v) is 13.0. The fourth-order valence-electron chi connectivity index (χ4n) is 3.18. The number of amides is 1. The molecule has 0 saturated heterocycles. The van der Waals surface area contributed by atoms with Crippen molar-refractivity contribution in [3.05, 3.63) is 10.6 Å². The van der Waals surface area contributed by atoms with Crippen LogP contribution >= 0.6 is 11.3 Å². The number of rotatable bonds is 3. The Morgan fingerprint density at radius 3 is 3.00 bits per heavy atom. The molecule has 1 aliphatic rings. The van der Waals surface area contributed by atoms with Crippen molar-refractivity contribution in [3.63, 3.8) is 0 Å². The summed E-state index contributed by atoms with van der Waals surface area (Å²) in [5, 5.41) is 17.6. The number of fused-ring (bicyclic) bond motifs is 1. The number of nitrogens with two attached hydrogens (primary N) is 1. The number of thiophene rings is 1. The molecule has 0 aromatic carbocycles. The zero-order valence-electron chi connectivity index (χ0n) is 12.2. The summed E-state index contributed by atoms with van der Waals surface area (Å²) in [6, 6.07) is 0.0475. The van der Waals surface area contributed by atoms with Gasteiger partial charge in [0.15, 0.2) is 0 Å². The van der Waals surface area contributed by atoms with Crippen molar-refractivity contribution < 1.29 is 9.90 Å². The molecule has 2 aromatic heterocycles. The number of carbonyl (C=O) groups excluding carboxylic acids is 1. The minimum Gasteiger partial charge on any atom is -0.397 e. The summed E-state index contributed by atoms with van der Waals surface area (Å²) in [6.45, 7) is 2.02. The van der Waals surface area contributed by atoms with Crippen LogP contribution in [0.2, 0.25) is 0 Å². The molecule has 2 heterocycles. The maximum Gasteiger partial charge on any atom is 0.263 e. The molecule has 7 heteroatoms. The molecular weight excluding hydrogens is 288 g/mol. The third-order valence-electron chi connectivity index (χ3n) is 4.30. The number of hydrogen-bond donors (Lipinski definition) is 3. The predicted molar refractivity (Wildman–Crippen MR) is 83.4 cm³/mol. The zero-order chi connectivity index (χ0) is 15.1. The van der Waals surface area contributed by atoms with Crippen LogP contribution in [0.5, 0.6) is 0 Å². The number of nitrogens with one attached hydrogen (secondary N) is 1. The fourth-order valence-corrected chi connectivity index (χ4v) is 4.27. The van der Waals surface area contributed by atoms with Crippen LogP contribution in [0.4, 0.5) is 5.69 Å². The van der Waals surface area contributed by atoms with Crippen LogP contribution in [-0.4, -0.2) is 33.4 Å². The monoisotopic (exact) mass is 308 g/mol. The molecule has 0 bridgehead atoms. The molecule has 0 aliphatic heterocycles. The molecule has 21 heavy (non-hydrogen) atoms. The van der Waals surface area contributed by atoms with Crippen molar-refractivity contribution in [2.24, 2.45) is 13.0 Å². The first kappa shape index (κ1) is 14.3. The van der Waals surface area contributed by atoms with Crippen molar-refractivity contribution in [1.82, 2.24) is 15.1 Å². The first-order valence-corrected chi connectivity index (χ1v) is 7.97. The van der Waals surface area contributed by atoms with Gasteiger partial charge >= 0.3 is 0 Å². The lowest BCUT2D eigenvalue weighted by Crippen LogP contribution is -2.38. The smallest absolute Gasteiger partial charge is 0.263 e. The van der Waals surface area contributed by atoms with E-state index in [-0.39, 0.29) is 24.5 Å². The lowest BCUT2D eigenvalue weighted by Gasteiger charge is -2.18. The van der Waals surface area contributed by atoms with Gasteiger partial charge in [-0.2, -0.15) is 5.10 Å². The summed E-state index contributed by atoms with van der Waals surface area (Å²) in [5.41, 5.74) is 7.50. The highest BCUT2D eigenvalue weighted by Gasteiger charge is 2.30. The largest absolute Gasteiger partial charge is 0.397 e. The van der Waals surface area contributed by atoms with Crippen LogP contribution < -0.4 is 11.1 Å². The number of hydrogen-bond acceptors (Lipinski definition) is 5. The van der Waals surface area contributed by atoms with Gasteiger partial charge in [0.2, 0.25) is 0 Å². The Bertz CT molecular complexity index is 691. The number of aliphatic hydroxyl groups is 1. The average Bonchev–Trinajstić information content (AvgIpc) is 3.08. The normalized spacial score (nSPS) is 22.0. The summed E-state index contributed by atoms with van der Waals surface area (Å²) in [5.74, 6) is 0.0198. The number of nitrogen functional groups attached to an aromatic ring is 1. The number of aromatic nitrogens is 2. The summed E-state index contributed by atoms with van der Waals surface area (Å²) in [7, 11) is 1.85. The van der Waals surface area contributed by atoms with E-state index >= 15 is 0 Å². The van der Waals surface area contributed by atoms with Gasteiger partial charge in [-0.25, -0.2) is 0 Å².